The van der Waals surface area contributed by atoms with Gasteiger partial charge in [0.2, 0.25) is 0 Å². The SMILES string of the molecule is Cc1ccccc1-n1c(C)cc(/C=C(/C#N)C(=O)Nc2ccccc2)c1C. The van der Waals surface area contributed by atoms with Crippen molar-refractivity contribution in [2.75, 3.05) is 5.32 Å². The molecule has 27 heavy (non-hydrogen) atoms. The summed E-state index contributed by atoms with van der Waals surface area (Å²) < 4.78 is 2.14. The van der Waals surface area contributed by atoms with Crippen molar-refractivity contribution >= 4 is 17.7 Å². The van der Waals surface area contributed by atoms with E-state index in [4.69, 9.17) is 0 Å². The molecule has 3 rings (SSSR count). The van der Waals surface area contributed by atoms with Gasteiger partial charge in [-0.1, -0.05) is 36.4 Å². The Morgan fingerprint density at radius 1 is 1.04 bits per heavy atom. The molecule has 0 spiro atoms. The summed E-state index contributed by atoms with van der Waals surface area (Å²) in [7, 11) is 0. The number of hydrogen-bond acceptors (Lipinski definition) is 2. The summed E-state index contributed by atoms with van der Waals surface area (Å²) in [6, 6.07) is 21.3. The number of hydrogen-bond donors (Lipinski definition) is 1. The van der Waals surface area contributed by atoms with E-state index in [0.717, 1.165) is 28.2 Å². The Morgan fingerprint density at radius 2 is 1.70 bits per heavy atom. The van der Waals surface area contributed by atoms with Crippen molar-refractivity contribution < 1.29 is 4.79 Å². The van der Waals surface area contributed by atoms with Crippen molar-refractivity contribution in [3.63, 3.8) is 0 Å². The molecule has 0 unspecified atom stereocenters. The number of anilines is 1. The number of aryl methyl sites for hydroxylation is 2. The van der Waals surface area contributed by atoms with Gasteiger partial charge >= 0.3 is 0 Å². The Kier molecular flexibility index (Phi) is 5.23. The predicted molar refractivity (Wildman–Crippen MR) is 109 cm³/mol. The van der Waals surface area contributed by atoms with E-state index in [1.54, 1.807) is 18.2 Å². The molecule has 0 saturated carbocycles. The van der Waals surface area contributed by atoms with Crippen LogP contribution in [0.5, 0.6) is 0 Å². The minimum absolute atomic E-state index is 0.0730. The minimum Gasteiger partial charge on any atom is -0.321 e. The molecular weight excluding hydrogens is 334 g/mol. The number of amides is 1. The fourth-order valence-corrected chi connectivity index (χ4v) is 3.14. The number of carbonyl (C=O) groups is 1. The highest BCUT2D eigenvalue weighted by Gasteiger charge is 2.14. The van der Waals surface area contributed by atoms with Crippen LogP contribution in [0.2, 0.25) is 0 Å². The molecule has 4 heteroatoms. The second-order valence-electron chi connectivity index (χ2n) is 6.44. The fraction of sp³-hybridized carbons (Fsp3) is 0.130. The second kappa shape index (κ2) is 7.76. The molecule has 0 saturated heterocycles. The van der Waals surface area contributed by atoms with Crippen LogP contribution in [-0.2, 0) is 4.79 Å². The van der Waals surface area contributed by atoms with Crippen LogP contribution in [-0.4, -0.2) is 10.5 Å². The van der Waals surface area contributed by atoms with Crippen molar-refractivity contribution in [2.24, 2.45) is 0 Å². The summed E-state index contributed by atoms with van der Waals surface area (Å²) in [4.78, 5) is 12.5. The zero-order chi connectivity index (χ0) is 19.4. The molecule has 1 N–H and O–H groups in total. The van der Waals surface area contributed by atoms with Crippen molar-refractivity contribution in [3.8, 4) is 11.8 Å². The highest BCUT2D eigenvalue weighted by molar-refractivity contribution is 6.09. The van der Waals surface area contributed by atoms with Gasteiger partial charge in [-0.05, 0) is 62.2 Å². The number of aromatic nitrogens is 1. The Balaban J connectivity index is 1.96. The third-order valence-corrected chi connectivity index (χ3v) is 4.52. The van der Waals surface area contributed by atoms with Gasteiger partial charge in [0, 0.05) is 22.8 Å². The van der Waals surface area contributed by atoms with Crippen LogP contribution in [0, 0.1) is 32.1 Å². The first-order valence-corrected chi connectivity index (χ1v) is 8.74. The summed E-state index contributed by atoms with van der Waals surface area (Å²) in [5.41, 5.74) is 5.89. The number of nitrogens with one attached hydrogen (secondary N) is 1. The first-order valence-electron chi connectivity index (χ1n) is 8.74. The molecule has 2 aromatic carbocycles. The Bertz CT molecular complexity index is 1050. The largest absolute Gasteiger partial charge is 0.321 e. The Morgan fingerprint density at radius 3 is 2.37 bits per heavy atom. The molecule has 1 aromatic heterocycles. The molecule has 1 amide bonds. The van der Waals surface area contributed by atoms with Crippen molar-refractivity contribution in [1.82, 2.24) is 4.57 Å². The van der Waals surface area contributed by atoms with Gasteiger partial charge < -0.3 is 9.88 Å². The molecule has 0 radical (unpaired) electrons. The van der Waals surface area contributed by atoms with E-state index in [1.165, 1.54) is 0 Å². The van der Waals surface area contributed by atoms with E-state index >= 15 is 0 Å². The number of rotatable bonds is 4. The first-order chi connectivity index (χ1) is 13.0. The average molecular weight is 355 g/mol. The lowest BCUT2D eigenvalue weighted by atomic mass is 10.1. The number of nitriles is 1. The van der Waals surface area contributed by atoms with Crippen LogP contribution < -0.4 is 5.32 Å². The van der Waals surface area contributed by atoms with Gasteiger partial charge in [-0.2, -0.15) is 5.26 Å². The summed E-state index contributed by atoms with van der Waals surface area (Å²) >= 11 is 0. The van der Waals surface area contributed by atoms with Gasteiger partial charge in [0.25, 0.3) is 5.91 Å². The topological polar surface area (TPSA) is 57.8 Å². The molecule has 0 fully saturated rings. The maximum absolute atomic E-state index is 12.5. The zero-order valence-electron chi connectivity index (χ0n) is 15.7. The lowest BCUT2D eigenvalue weighted by Gasteiger charge is -2.12. The maximum Gasteiger partial charge on any atom is 0.266 e. The van der Waals surface area contributed by atoms with Gasteiger partial charge in [-0.15, -0.1) is 0 Å². The lowest BCUT2D eigenvalue weighted by Crippen LogP contribution is -2.13. The Labute approximate surface area is 159 Å². The van der Waals surface area contributed by atoms with E-state index in [-0.39, 0.29) is 5.57 Å². The third-order valence-electron chi connectivity index (χ3n) is 4.52. The molecule has 0 bridgehead atoms. The van der Waals surface area contributed by atoms with E-state index < -0.39 is 5.91 Å². The molecule has 1 heterocycles. The highest BCUT2D eigenvalue weighted by atomic mass is 16.1. The maximum atomic E-state index is 12.5. The molecule has 0 aliphatic carbocycles. The zero-order valence-corrected chi connectivity index (χ0v) is 15.7. The molecule has 4 nitrogen and oxygen atoms in total. The summed E-state index contributed by atoms with van der Waals surface area (Å²) in [6.07, 6.45) is 1.65. The normalized spacial score (nSPS) is 11.1. The number of nitrogens with zero attached hydrogens (tertiary/aromatic N) is 2. The predicted octanol–water partition coefficient (Wildman–Crippen LogP) is 4.95. The van der Waals surface area contributed by atoms with E-state index in [1.807, 2.05) is 56.3 Å². The van der Waals surface area contributed by atoms with Crippen LogP contribution in [0.3, 0.4) is 0 Å². The Hall–Kier alpha value is -3.58. The first kappa shape index (κ1) is 18.2. The molecule has 0 aliphatic rings. The minimum atomic E-state index is -0.413. The standard InChI is InChI=1S/C23H21N3O/c1-16-9-7-8-12-22(16)26-17(2)13-19(18(26)3)14-20(15-24)23(27)25-21-10-5-4-6-11-21/h4-14H,1-3H3,(H,25,27)/b20-14-. The lowest BCUT2D eigenvalue weighted by molar-refractivity contribution is -0.112. The third kappa shape index (κ3) is 3.83. The molecule has 0 aliphatic heterocycles. The van der Waals surface area contributed by atoms with Crippen LogP contribution in [0.15, 0.2) is 66.2 Å². The highest BCUT2D eigenvalue weighted by Crippen LogP contribution is 2.25. The van der Waals surface area contributed by atoms with Crippen molar-refractivity contribution in [2.45, 2.75) is 20.8 Å². The van der Waals surface area contributed by atoms with E-state index in [9.17, 15) is 10.1 Å². The van der Waals surface area contributed by atoms with Gasteiger partial charge in [0.15, 0.2) is 0 Å². The number of benzene rings is 2. The van der Waals surface area contributed by atoms with Crippen molar-refractivity contribution in [3.05, 3.63) is 88.8 Å². The summed E-state index contributed by atoms with van der Waals surface area (Å²) in [6.45, 7) is 6.08. The van der Waals surface area contributed by atoms with E-state index in [0.29, 0.717) is 5.69 Å². The van der Waals surface area contributed by atoms with Crippen molar-refractivity contribution in [1.29, 1.82) is 5.26 Å². The summed E-state index contributed by atoms with van der Waals surface area (Å²) in [5, 5.41) is 12.2. The fourth-order valence-electron chi connectivity index (χ4n) is 3.14. The van der Waals surface area contributed by atoms with Gasteiger partial charge in [-0.25, -0.2) is 0 Å². The molecule has 3 aromatic rings. The summed E-state index contributed by atoms with van der Waals surface area (Å²) in [5.74, 6) is -0.413. The average Bonchev–Trinajstić information content (AvgIpc) is 2.94. The number of carbonyl (C=O) groups excluding carboxylic acids is 1. The molecule has 134 valence electrons. The van der Waals surface area contributed by atoms with Crippen LogP contribution in [0.4, 0.5) is 5.69 Å². The van der Waals surface area contributed by atoms with Crippen LogP contribution in [0.25, 0.3) is 11.8 Å². The van der Waals surface area contributed by atoms with E-state index in [2.05, 4.69) is 28.9 Å². The second-order valence-corrected chi connectivity index (χ2v) is 6.44. The van der Waals surface area contributed by atoms with Gasteiger partial charge in [0.05, 0.1) is 0 Å². The molecular formula is C23H21N3O. The number of para-hydroxylation sites is 2. The monoisotopic (exact) mass is 355 g/mol. The van der Waals surface area contributed by atoms with Gasteiger partial charge in [0.1, 0.15) is 11.6 Å². The molecule has 0 atom stereocenters. The van der Waals surface area contributed by atoms with Crippen LogP contribution >= 0.6 is 0 Å². The quantitative estimate of drug-likeness (QED) is 0.532. The van der Waals surface area contributed by atoms with Gasteiger partial charge in [-0.3, -0.25) is 4.79 Å². The smallest absolute Gasteiger partial charge is 0.266 e. The van der Waals surface area contributed by atoms with Crippen LogP contribution in [0.1, 0.15) is 22.5 Å².